The second-order valence-corrected chi connectivity index (χ2v) is 6.22. The van der Waals surface area contributed by atoms with Crippen LogP contribution in [0.2, 0.25) is 0 Å². The van der Waals surface area contributed by atoms with Crippen LogP contribution >= 0.6 is 0 Å². The van der Waals surface area contributed by atoms with Crippen LogP contribution in [0.4, 0.5) is 8.78 Å². The lowest BCUT2D eigenvalue weighted by atomic mass is 10.1. The van der Waals surface area contributed by atoms with Crippen molar-refractivity contribution in [1.29, 1.82) is 0 Å². The van der Waals surface area contributed by atoms with Gasteiger partial charge in [0, 0.05) is 24.7 Å². The average molecular weight is 377 g/mol. The Balaban J connectivity index is 2.23. The van der Waals surface area contributed by atoms with Crippen molar-refractivity contribution in [2.24, 2.45) is 0 Å². The van der Waals surface area contributed by atoms with Crippen molar-refractivity contribution in [3.05, 3.63) is 59.2 Å². The smallest absolute Gasteiger partial charge is 0.254 e. The van der Waals surface area contributed by atoms with Gasteiger partial charge in [-0.05, 0) is 42.7 Å². The molecule has 0 fully saturated rings. The van der Waals surface area contributed by atoms with Gasteiger partial charge in [-0.1, -0.05) is 19.9 Å². The van der Waals surface area contributed by atoms with Gasteiger partial charge < -0.3 is 14.4 Å². The zero-order valence-corrected chi connectivity index (χ0v) is 15.9. The number of methoxy groups -OCH3 is 1. The summed E-state index contributed by atoms with van der Waals surface area (Å²) in [6.07, 6.45) is 1.60. The van der Waals surface area contributed by atoms with Gasteiger partial charge >= 0.3 is 0 Å². The fourth-order valence-corrected chi connectivity index (χ4v) is 2.74. The van der Waals surface area contributed by atoms with E-state index in [-0.39, 0.29) is 5.56 Å². The fourth-order valence-electron chi connectivity index (χ4n) is 2.74. The molecule has 0 aliphatic heterocycles. The number of halogens is 2. The summed E-state index contributed by atoms with van der Waals surface area (Å²) >= 11 is 0. The zero-order valence-electron chi connectivity index (χ0n) is 15.9. The molecule has 0 bridgehead atoms. The summed E-state index contributed by atoms with van der Waals surface area (Å²) in [5.41, 5.74) is 0.838. The molecule has 0 saturated carbocycles. The number of rotatable bonds is 9. The highest BCUT2D eigenvalue weighted by atomic mass is 19.1. The molecule has 0 aromatic heterocycles. The van der Waals surface area contributed by atoms with Crippen molar-refractivity contribution < 1.29 is 23.0 Å². The summed E-state index contributed by atoms with van der Waals surface area (Å²) in [5, 5.41) is 0. The molecule has 0 atom stereocenters. The average Bonchev–Trinajstić information content (AvgIpc) is 2.65. The molecule has 0 radical (unpaired) electrons. The maximum Gasteiger partial charge on any atom is 0.254 e. The third kappa shape index (κ3) is 5.67. The highest BCUT2D eigenvalue weighted by molar-refractivity contribution is 5.94. The largest absolute Gasteiger partial charge is 0.493 e. The van der Waals surface area contributed by atoms with Gasteiger partial charge in [0.05, 0.1) is 13.7 Å². The van der Waals surface area contributed by atoms with Gasteiger partial charge in [-0.2, -0.15) is 0 Å². The molecule has 0 heterocycles. The minimum Gasteiger partial charge on any atom is -0.493 e. The predicted molar refractivity (Wildman–Crippen MR) is 100 cm³/mol. The Morgan fingerprint density at radius 2 is 1.70 bits per heavy atom. The van der Waals surface area contributed by atoms with E-state index in [1.54, 1.807) is 18.1 Å². The monoisotopic (exact) mass is 377 g/mol. The first kappa shape index (κ1) is 20.7. The van der Waals surface area contributed by atoms with Crippen molar-refractivity contribution in [1.82, 2.24) is 4.90 Å². The van der Waals surface area contributed by atoms with Crippen molar-refractivity contribution in [3.8, 4) is 11.5 Å². The lowest BCUT2D eigenvalue weighted by molar-refractivity contribution is 0.0742. The molecule has 0 aliphatic carbocycles. The maximum atomic E-state index is 13.5. The number of nitrogens with zero attached hydrogens (tertiary/aromatic N) is 1. The minimum absolute atomic E-state index is 0.00388. The molecule has 0 saturated heterocycles. The molecular weight excluding hydrogens is 352 g/mol. The van der Waals surface area contributed by atoms with Gasteiger partial charge in [0.25, 0.3) is 5.91 Å². The van der Waals surface area contributed by atoms with E-state index in [0.29, 0.717) is 31.2 Å². The molecule has 146 valence electrons. The lowest BCUT2D eigenvalue weighted by Crippen LogP contribution is -2.31. The van der Waals surface area contributed by atoms with Crippen LogP contribution < -0.4 is 9.47 Å². The SMILES string of the molecule is CCCOc1ccc(CN(CCC)C(=O)c2cc(F)cc(F)c2)cc1OC. The Labute approximate surface area is 158 Å². The Bertz CT molecular complexity index is 760. The Kier molecular flexibility index (Phi) is 7.58. The van der Waals surface area contributed by atoms with Crippen molar-refractivity contribution >= 4 is 5.91 Å². The van der Waals surface area contributed by atoms with Crippen molar-refractivity contribution in [2.75, 3.05) is 20.3 Å². The number of hydrogen-bond acceptors (Lipinski definition) is 3. The normalized spacial score (nSPS) is 10.6. The zero-order chi connectivity index (χ0) is 19.8. The molecule has 2 aromatic rings. The predicted octanol–water partition coefficient (Wildman–Crippen LogP) is 4.81. The van der Waals surface area contributed by atoms with E-state index in [9.17, 15) is 13.6 Å². The molecule has 6 heteroatoms. The van der Waals surface area contributed by atoms with Crippen LogP contribution in [0.1, 0.15) is 42.6 Å². The second-order valence-electron chi connectivity index (χ2n) is 6.22. The van der Waals surface area contributed by atoms with Crippen LogP contribution in [0.25, 0.3) is 0 Å². The van der Waals surface area contributed by atoms with Crippen molar-refractivity contribution in [3.63, 3.8) is 0 Å². The summed E-state index contributed by atoms with van der Waals surface area (Å²) in [6.45, 7) is 5.31. The van der Waals surface area contributed by atoms with Gasteiger partial charge in [-0.25, -0.2) is 8.78 Å². The first-order chi connectivity index (χ1) is 13.0. The lowest BCUT2D eigenvalue weighted by Gasteiger charge is -2.23. The quantitative estimate of drug-likeness (QED) is 0.629. The summed E-state index contributed by atoms with van der Waals surface area (Å²) in [4.78, 5) is 14.3. The molecule has 27 heavy (non-hydrogen) atoms. The van der Waals surface area contributed by atoms with Crippen LogP contribution in [-0.2, 0) is 6.54 Å². The standard InChI is InChI=1S/C21H25F2NO3/c1-4-8-24(21(25)16-11-17(22)13-18(23)12-16)14-15-6-7-19(27-9-5-2)20(10-15)26-3/h6-7,10-13H,4-5,8-9,14H2,1-3H3. The third-order valence-electron chi connectivity index (χ3n) is 3.95. The molecule has 2 aromatic carbocycles. The summed E-state index contributed by atoms with van der Waals surface area (Å²) < 4.78 is 37.9. The van der Waals surface area contributed by atoms with E-state index >= 15 is 0 Å². The van der Waals surface area contributed by atoms with Crippen LogP contribution in [0.5, 0.6) is 11.5 Å². The van der Waals surface area contributed by atoms with Gasteiger partial charge in [-0.3, -0.25) is 4.79 Å². The van der Waals surface area contributed by atoms with E-state index in [2.05, 4.69) is 0 Å². The highest BCUT2D eigenvalue weighted by Crippen LogP contribution is 2.29. The second kappa shape index (κ2) is 9.90. The fraction of sp³-hybridized carbons (Fsp3) is 0.381. The number of ether oxygens (including phenoxy) is 2. The van der Waals surface area contributed by atoms with E-state index in [0.717, 1.165) is 36.6 Å². The van der Waals surface area contributed by atoms with Crippen LogP contribution in [0.15, 0.2) is 36.4 Å². The Hall–Kier alpha value is -2.63. The maximum absolute atomic E-state index is 13.5. The number of carbonyl (C=O) groups excluding carboxylic acids is 1. The topological polar surface area (TPSA) is 38.8 Å². The van der Waals surface area contributed by atoms with E-state index < -0.39 is 17.5 Å². The molecular formula is C21H25F2NO3. The molecule has 0 aliphatic rings. The highest BCUT2D eigenvalue weighted by Gasteiger charge is 2.18. The van der Waals surface area contributed by atoms with Crippen molar-refractivity contribution in [2.45, 2.75) is 33.2 Å². The number of carbonyl (C=O) groups is 1. The summed E-state index contributed by atoms with van der Waals surface area (Å²) in [7, 11) is 1.56. The number of benzene rings is 2. The number of hydrogen-bond donors (Lipinski definition) is 0. The molecule has 1 amide bonds. The van der Waals surface area contributed by atoms with Crippen LogP contribution in [0.3, 0.4) is 0 Å². The van der Waals surface area contributed by atoms with Gasteiger partial charge in [-0.15, -0.1) is 0 Å². The van der Waals surface area contributed by atoms with Gasteiger partial charge in [0.1, 0.15) is 11.6 Å². The Morgan fingerprint density at radius 1 is 1.00 bits per heavy atom. The van der Waals surface area contributed by atoms with Crippen LogP contribution in [0, 0.1) is 11.6 Å². The molecule has 4 nitrogen and oxygen atoms in total. The molecule has 0 N–H and O–H groups in total. The molecule has 0 unspecified atom stereocenters. The van der Waals surface area contributed by atoms with Gasteiger partial charge in [0.15, 0.2) is 11.5 Å². The molecule has 0 spiro atoms. The van der Waals surface area contributed by atoms with E-state index in [4.69, 9.17) is 9.47 Å². The summed E-state index contributed by atoms with van der Waals surface area (Å²) in [6, 6.07) is 8.33. The molecule has 2 rings (SSSR count). The minimum atomic E-state index is -0.770. The van der Waals surface area contributed by atoms with E-state index in [1.807, 2.05) is 26.0 Å². The Morgan fingerprint density at radius 3 is 2.30 bits per heavy atom. The van der Waals surface area contributed by atoms with E-state index in [1.165, 1.54) is 0 Å². The third-order valence-corrected chi connectivity index (χ3v) is 3.95. The van der Waals surface area contributed by atoms with Crippen LogP contribution in [-0.4, -0.2) is 31.1 Å². The number of amides is 1. The van der Waals surface area contributed by atoms with Gasteiger partial charge in [0.2, 0.25) is 0 Å². The first-order valence-electron chi connectivity index (χ1n) is 9.03. The first-order valence-corrected chi connectivity index (χ1v) is 9.03. The summed E-state index contributed by atoms with van der Waals surface area (Å²) in [5.74, 6) is -0.728.